The molecule has 5 heteroatoms. The highest BCUT2D eigenvalue weighted by Gasteiger charge is 2.33. The van der Waals surface area contributed by atoms with Gasteiger partial charge in [0.15, 0.2) is 0 Å². The van der Waals surface area contributed by atoms with Crippen LogP contribution < -0.4 is 4.90 Å². The van der Waals surface area contributed by atoms with Gasteiger partial charge in [0.1, 0.15) is 5.75 Å². The van der Waals surface area contributed by atoms with E-state index < -0.39 is 0 Å². The van der Waals surface area contributed by atoms with Gasteiger partial charge in [0.25, 0.3) is 5.91 Å². The largest absolute Gasteiger partial charge is 0.508 e. The molecule has 0 radical (unpaired) electrons. The van der Waals surface area contributed by atoms with Crippen molar-refractivity contribution in [3.05, 3.63) is 76.5 Å². The Balaban J connectivity index is 1.90. The van der Waals surface area contributed by atoms with Crippen molar-refractivity contribution in [1.82, 2.24) is 4.57 Å². The number of halogens is 1. The quantitative estimate of drug-likeness (QED) is 0.664. The summed E-state index contributed by atoms with van der Waals surface area (Å²) in [6.45, 7) is 2.01. The molecule has 1 aliphatic rings. The summed E-state index contributed by atoms with van der Waals surface area (Å²) in [5.41, 5.74) is 3.32. The van der Waals surface area contributed by atoms with Crippen molar-refractivity contribution in [2.75, 3.05) is 4.90 Å². The number of benzene rings is 2. The molecule has 1 N–H and O–H groups in total. The number of aromatic hydroxyl groups is 1. The number of anilines is 1. The predicted molar refractivity (Wildman–Crippen MR) is 96.8 cm³/mol. The molecule has 4 nitrogen and oxygen atoms in total. The first kappa shape index (κ1) is 15.0. The van der Waals surface area contributed by atoms with Crippen LogP contribution in [0, 0.1) is 0 Å². The summed E-state index contributed by atoms with van der Waals surface area (Å²) in [7, 11) is 0. The molecular formula is C19H15BrN2O2. The molecule has 0 unspecified atom stereocenters. The van der Waals surface area contributed by atoms with Crippen molar-refractivity contribution in [2.24, 2.45) is 0 Å². The fraction of sp³-hybridized carbons (Fsp3) is 0.105. The normalized spacial score (nSPS) is 15.8. The molecule has 0 spiro atoms. The van der Waals surface area contributed by atoms with Gasteiger partial charge in [-0.25, -0.2) is 0 Å². The van der Waals surface area contributed by atoms with Gasteiger partial charge in [0.2, 0.25) is 0 Å². The van der Waals surface area contributed by atoms with Crippen molar-refractivity contribution >= 4 is 27.5 Å². The van der Waals surface area contributed by atoms with E-state index in [1.165, 1.54) is 6.07 Å². The first-order valence-electron chi connectivity index (χ1n) is 7.66. The summed E-state index contributed by atoms with van der Waals surface area (Å²) in [5.74, 6) is -0.0476. The van der Waals surface area contributed by atoms with Crippen LogP contribution in [0.2, 0.25) is 0 Å². The van der Waals surface area contributed by atoms with Crippen molar-refractivity contribution in [3.63, 3.8) is 0 Å². The van der Waals surface area contributed by atoms with E-state index >= 15 is 0 Å². The smallest absolute Gasteiger partial charge is 0.259 e. The van der Waals surface area contributed by atoms with E-state index in [4.69, 9.17) is 0 Å². The Kier molecular flexibility index (Phi) is 3.46. The van der Waals surface area contributed by atoms with Crippen molar-refractivity contribution < 1.29 is 9.90 Å². The lowest BCUT2D eigenvalue weighted by Gasteiger charge is -2.36. The minimum atomic E-state index is -0.134. The average molecular weight is 383 g/mol. The van der Waals surface area contributed by atoms with Crippen LogP contribution in [0.15, 0.2) is 65.3 Å². The molecule has 4 rings (SSSR count). The second-order valence-corrected chi connectivity index (χ2v) is 6.75. The zero-order valence-electron chi connectivity index (χ0n) is 13.0. The van der Waals surface area contributed by atoms with Gasteiger partial charge in [0.05, 0.1) is 17.4 Å². The van der Waals surface area contributed by atoms with E-state index in [-0.39, 0.29) is 17.7 Å². The summed E-state index contributed by atoms with van der Waals surface area (Å²) < 4.78 is 3.02. The highest BCUT2D eigenvalue weighted by molar-refractivity contribution is 9.10. The molecule has 120 valence electrons. The summed E-state index contributed by atoms with van der Waals surface area (Å²) in [5, 5.41) is 9.71. The molecule has 0 bridgehead atoms. The molecular weight excluding hydrogens is 368 g/mol. The van der Waals surface area contributed by atoms with E-state index in [2.05, 4.69) is 20.5 Å². The molecule has 0 saturated heterocycles. The number of hydrogen-bond acceptors (Lipinski definition) is 2. The van der Waals surface area contributed by atoms with Gasteiger partial charge in [0, 0.05) is 21.9 Å². The van der Waals surface area contributed by atoms with Crippen molar-refractivity contribution in [2.45, 2.75) is 13.0 Å². The lowest BCUT2D eigenvalue weighted by atomic mass is 10.0. The third-order valence-electron chi connectivity index (χ3n) is 4.36. The molecule has 0 saturated carbocycles. The van der Waals surface area contributed by atoms with Crippen LogP contribution in [0.1, 0.15) is 29.0 Å². The zero-order valence-corrected chi connectivity index (χ0v) is 14.6. The van der Waals surface area contributed by atoms with Crippen molar-refractivity contribution in [1.29, 1.82) is 0 Å². The van der Waals surface area contributed by atoms with Crippen LogP contribution in [0.5, 0.6) is 5.75 Å². The third-order valence-corrected chi connectivity index (χ3v) is 4.86. The molecule has 24 heavy (non-hydrogen) atoms. The molecule has 3 aromatic rings. The van der Waals surface area contributed by atoms with Crippen molar-refractivity contribution in [3.8, 4) is 11.4 Å². The van der Waals surface area contributed by atoms with Crippen LogP contribution in [-0.2, 0) is 0 Å². The summed E-state index contributed by atoms with van der Waals surface area (Å²) in [6.07, 6.45) is 2.01. The highest BCUT2D eigenvalue weighted by atomic mass is 79.9. The first-order chi connectivity index (χ1) is 11.6. The standard InChI is InChI=1S/C19H15BrN2O2/c1-12-16-6-3-9-21(16)17-8-7-14(20)11-18(17)22(12)19(24)13-4-2-5-15(23)10-13/h2-12,23H,1H3/t12-/m0/s1. The van der Waals surface area contributed by atoms with Gasteiger partial charge in [-0.15, -0.1) is 0 Å². The van der Waals surface area contributed by atoms with Crippen LogP contribution in [-0.4, -0.2) is 15.6 Å². The minimum absolute atomic E-state index is 0.0864. The van der Waals surface area contributed by atoms with E-state index in [9.17, 15) is 9.90 Å². The second-order valence-electron chi connectivity index (χ2n) is 5.84. The maximum absolute atomic E-state index is 13.2. The fourth-order valence-electron chi connectivity index (χ4n) is 3.25. The first-order valence-corrected chi connectivity index (χ1v) is 8.45. The van der Waals surface area contributed by atoms with Gasteiger partial charge in [-0.05, 0) is 55.5 Å². The maximum atomic E-state index is 13.2. The molecule has 0 fully saturated rings. The lowest BCUT2D eigenvalue weighted by molar-refractivity contribution is 0.0976. The third kappa shape index (κ3) is 2.24. The Morgan fingerprint density at radius 2 is 1.92 bits per heavy atom. The summed E-state index contributed by atoms with van der Waals surface area (Å²) in [4.78, 5) is 14.9. The Hall–Kier alpha value is -2.53. The maximum Gasteiger partial charge on any atom is 0.259 e. The number of hydrogen-bond donors (Lipinski definition) is 1. The molecule has 1 atom stereocenters. The SMILES string of the molecule is C[C@H]1c2cccn2-c2ccc(Br)cc2N1C(=O)c1cccc(O)c1. The Labute approximate surface area is 148 Å². The van der Waals surface area contributed by atoms with Crippen LogP contribution in [0.25, 0.3) is 5.69 Å². The summed E-state index contributed by atoms with van der Waals surface area (Å²) in [6, 6.07) is 16.3. The number of amides is 1. The highest BCUT2D eigenvalue weighted by Crippen LogP contribution is 2.41. The van der Waals surface area contributed by atoms with Crippen LogP contribution >= 0.6 is 15.9 Å². The van der Waals surface area contributed by atoms with Crippen LogP contribution in [0.4, 0.5) is 5.69 Å². The number of fused-ring (bicyclic) bond motifs is 3. The van der Waals surface area contributed by atoms with E-state index in [0.29, 0.717) is 5.56 Å². The monoisotopic (exact) mass is 382 g/mol. The number of carbonyl (C=O) groups excluding carboxylic acids is 1. The number of phenolic OH excluding ortho intramolecular Hbond substituents is 1. The number of phenols is 1. The summed E-state index contributed by atoms with van der Waals surface area (Å²) >= 11 is 3.50. The minimum Gasteiger partial charge on any atom is -0.508 e. The zero-order chi connectivity index (χ0) is 16.8. The fourth-order valence-corrected chi connectivity index (χ4v) is 3.60. The van der Waals surface area contributed by atoms with Gasteiger partial charge < -0.3 is 9.67 Å². The van der Waals surface area contributed by atoms with E-state index in [0.717, 1.165) is 21.5 Å². The number of rotatable bonds is 1. The Morgan fingerprint density at radius 3 is 2.71 bits per heavy atom. The molecule has 1 amide bonds. The second kappa shape index (κ2) is 5.53. The molecule has 2 heterocycles. The number of nitrogens with zero attached hydrogens (tertiary/aromatic N) is 2. The van der Waals surface area contributed by atoms with Gasteiger partial charge in [-0.2, -0.15) is 0 Å². The lowest BCUT2D eigenvalue weighted by Crippen LogP contribution is -2.38. The van der Waals surface area contributed by atoms with Gasteiger partial charge in [-0.3, -0.25) is 9.69 Å². The van der Waals surface area contributed by atoms with E-state index in [1.54, 1.807) is 23.1 Å². The Bertz CT molecular complexity index is 948. The molecule has 2 aromatic carbocycles. The molecule has 1 aliphatic heterocycles. The van der Waals surface area contributed by atoms with Gasteiger partial charge in [-0.1, -0.05) is 22.0 Å². The topological polar surface area (TPSA) is 45.5 Å². The van der Waals surface area contributed by atoms with Crippen LogP contribution in [0.3, 0.4) is 0 Å². The predicted octanol–water partition coefficient (Wildman–Crippen LogP) is 4.67. The Morgan fingerprint density at radius 1 is 1.08 bits per heavy atom. The van der Waals surface area contributed by atoms with Gasteiger partial charge >= 0.3 is 0 Å². The number of carbonyl (C=O) groups is 1. The van der Waals surface area contributed by atoms with E-state index in [1.807, 2.05) is 43.5 Å². The average Bonchev–Trinajstić information content (AvgIpc) is 3.05. The number of aromatic nitrogens is 1. The molecule has 0 aliphatic carbocycles. The molecule has 1 aromatic heterocycles.